The minimum absolute atomic E-state index is 0.399. The van der Waals surface area contributed by atoms with E-state index in [-0.39, 0.29) is 0 Å². The third kappa shape index (κ3) is 5.17. The van der Waals surface area contributed by atoms with Crippen LogP contribution < -0.4 is 11.1 Å². The van der Waals surface area contributed by atoms with Crippen LogP contribution >= 0.6 is 0 Å². The number of nitrogens with one attached hydrogen (secondary N) is 1. The standard InChI is InChI=1S/C15H25N3O/c1-12-11-14(7-9-17-12)18-8-2-10-19-15-5-3-13(16)4-6-15/h7,9,11,13,15H,2-6,8,10,16H2,1H3,(H,17,18). The first-order valence-corrected chi connectivity index (χ1v) is 7.28. The molecule has 4 nitrogen and oxygen atoms in total. The van der Waals surface area contributed by atoms with Crippen molar-refractivity contribution in [3.05, 3.63) is 24.0 Å². The van der Waals surface area contributed by atoms with Crippen LogP contribution in [0.1, 0.15) is 37.8 Å². The molecule has 1 saturated carbocycles. The molecular formula is C15H25N3O. The second kappa shape index (κ2) is 7.46. The van der Waals surface area contributed by atoms with Crippen LogP contribution in [-0.4, -0.2) is 30.3 Å². The zero-order chi connectivity index (χ0) is 13.5. The Hall–Kier alpha value is -1.13. The number of hydrogen-bond donors (Lipinski definition) is 2. The second-order valence-electron chi connectivity index (χ2n) is 5.37. The minimum Gasteiger partial charge on any atom is -0.385 e. The highest BCUT2D eigenvalue weighted by atomic mass is 16.5. The molecule has 0 aliphatic heterocycles. The smallest absolute Gasteiger partial charge is 0.0576 e. The molecule has 4 heteroatoms. The minimum atomic E-state index is 0.399. The van der Waals surface area contributed by atoms with Crippen molar-refractivity contribution in [2.75, 3.05) is 18.5 Å². The number of aryl methyl sites for hydroxylation is 1. The third-order valence-electron chi connectivity index (χ3n) is 3.62. The van der Waals surface area contributed by atoms with Crippen LogP contribution in [0.4, 0.5) is 5.69 Å². The van der Waals surface area contributed by atoms with Gasteiger partial charge in [0, 0.05) is 36.8 Å². The quantitative estimate of drug-likeness (QED) is 0.774. The molecule has 1 aliphatic carbocycles. The molecule has 0 unspecified atom stereocenters. The van der Waals surface area contributed by atoms with Crippen LogP contribution in [-0.2, 0) is 4.74 Å². The second-order valence-corrected chi connectivity index (χ2v) is 5.37. The molecule has 0 bridgehead atoms. The molecule has 19 heavy (non-hydrogen) atoms. The van der Waals surface area contributed by atoms with Crippen molar-refractivity contribution >= 4 is 5.69 Å². The fraction of sp³-hybridized carbons (Fsp3) is 0.667. The largest absolute Gasteiger partial charge is 0.385 e. The molecule has 0 saturated heterocycles. The molecule has 106 valence electrons. The SMILES string of the molecule is Cc1cc(NCCCOC2CCC(N)CC2)ccn1. The molecule has 0 aromatic carbocycles. The summed E-state index contributed by atoms with van der Waals surface area (Å²) in [6.07, 6.45) is 7.76. The summed E-state index contributed by atoms with van der Waals surface area (Å²) in [7, 11) is 0. The molecule has 1 aliphatic rings. The first kappa shape index (κ1) is 14.3. The van der Waals surface area contributed by atoms with E-state index < -0.39 is 0 Å². The van der Waals surface area contributed by atoms with Crippen LogP contribution in [0.25, 0.3) is 0 Å². The van der Waals surface area contributed by atoms with Gasteiger partial charge in [-0.3, -0.25) is 4.98 Å². The Morgan fingerprint density at radius 3 is 2.89 bits per heavy atom. The van der Waals surface area contributed by atoms with Gasteiger partial charge in [0.05, 0.1) is 6.10 Å². The maximum Gasteiger partial charge on any atom is 0.0576 e. The van der Waals surface area contributed by atoms with Gasteiger partial charge in [-0.05, 0) is 51.2 Å². The number of hydrogen-bond acceptors (Lipinski definition) is 4. The molecule has 0 atom stereocenters. The topological polar surface area (TPSA) is 60.2 Å². The van der Waals surface area contributed by atoms with Crippen molar-refractivity contribution < 1.29 is 4.74 Å². The van der Waals surface area contributed by atoms with Crippen molar-refractivity contribution in [1.29, 1.82) is 0 Å². The van der Waals surface area contributed by atoms with E-state index in [9.17, 15) is 0 Å². The monoisotopic (exact) mass is 263 g/mol. The summed E-state index contributed by atoms with van der Waals surface area (Å²) in [5.41, 5.74) is 8.06. The maximum atomic E-state index is 5.89. The Morgan fingerprint density at radius 2 is 2.16 bits per heavy atom. The van der Waals surface area contributed by atoms with Gasteiger partial charge >= 0.3 is 0 Å². The van der Waals surface area contributed by atoms with Gasteiger partial charge in [-0.2, -0.15) is 0 Å². The van der Waals surface area contributed by atoms with Crippen LogP contribution in [0.3, 0.4) is 0 Å². The number of nitrogens with zero attached hydrogens (tertiary/aromatic N) is 1. The van der Waals surface area contributed by atoms with Gasteiger partial charge in [0.25, 0.3) is 0 Å². The van der Waals surface area contributed by atoms with E-state index in [1.807, 2.05) is 19.2 Å². The molecule has 1 aromatic heterocycles. The number of aromatic nitrogens is 1. The lowest BCUT2D eigenvalue weighted by atomic mass is 9.94. The number of ether oxygens (including phenoxy) is 1. The van der Waals surface area contributed by atoms with E-state index in [4.69, 9.17) is 10.5 Å². The van der Waals surface area contributed by atoms with Crippen molar-refractivity contribution in [2.45, 2.75) is 51.2 Å². The fourth-order valence-corrected chi connectivity index (χ4v) is 2.47. The van der Waals surface area contributed by atoms with Gasteiger partial charge in [-0.1, -0.05) is 0 Å². The van der Waals surface area contributed by atoms with E-state index in [0.29, 0.717) is 12.1 Å². The first-order chi connectivity index (χ1) is 9.24. The van der Waals surface area contributed by atoms with Gasteiger partial charge in [0.1, 0.15) is 0 Å². The Balaban J connectivity index is 1.55. The van der Waals surface area contributed by atoms with E-state index in [2.05, 4.69) is 16.4 Å². The van der Waals surface area contributed by atoms with Gasteiger partial charge in [0.15, 0.2) is 0 Å². The molecular weight excluding hydrogens is 238 g/mol. The average Bonchev–Trinajstić information content (AvgIpc) is 2.41. The molecule has 1 heterocycles. The zero-order valence-electron chi connectivity index (χ0n) is 11.8. The maximum absolute atomic E-state index is 5.89. The molecule has 0 spiro atoms. The number of anilines is 1. The third-order valence-corrected chi connectivity index (χ3v) is 3.62. The van der Waals surface area contributed by atoms with Gasteiger partial charge in [0.2, 0.25) is 0 Å². The number of pyridine rings is 1. The van der Waals surface area contributed by atoms with Crippen molar-refractivity contribution in [3.63, 3.8) is 0 Å². The Morgan fingerprint density at radius 1 is 1.37 bits per heavy atom. The van der Waals surface area contributed by atoms with Gasteiger partial charge in [-0.15, -0.1) is 0 Å². The predicted molar refractivity (Wildman–Crippen MR) is 78.3 cm³/mol. The highest BCUT2D eigenvalue weighted by molar-refractivity contribution is 5.42. The molecule has 3 N–H and O–H groups in total. The average molecular weight is 263 g/mol. The van der Waals surface area contributed by atoms with E-state index in [1.54, 1.807) is 0 Å². The number of nitrogens with two attached hydrogens (primary N) is 1. The van der Waals surface area contributed by atoms with Gasteiger partial charge < -0.3 is 15.8 Å². The summed E-state index contributed by atoms with van der Waals surface area (Å²) in [4.78, 5) is 4.18. The summed E-state index contributed by atoms with van der Waals surface area (Å²) in [6, 6.07) is 4.45. The van der Waals surface area contributed by atoms with Crippen LogP contribution in [0.2, 0.25) is 0 Å². The first-order valence-electron chi connectivity index (χ1n) is 7.28. The lowest BCUT2D eigenvalue weighted by Gasteiger charge is -2.26. The Bertz CT molecular complexity index is 375. The summed E-state index contributed by atoms with van der Waals surface area (Å²) in [5, 5.41) is 3.39. The summed E-state index contributed by atoms with van der Waals surface area (Å²) >= 11 is 0. The Labute approximate surface area is 115 Å². The van der Waals surface area contributed by atoms with E-state index in [0.717, 1.165) is 56.6 Å². The zero-order valence-corrected chi connectivity index (χ0v) is 11.8. The summed E-state index contributed by atoms with van der Waals surface area (Å²) in [5.74, 6) is 0. The highest BCUT2D eigenvalue weighted by Crippen LogP contribution is 2.19. The fourth-order valence-electron chi connectivity index (χ4n) is 2.47. The van der Waals surface area contributed by atoms with Crippen molar-refractivity contribution in [1.82, 2.24) is 4.98 Å². The summed E-state index contributed by atoms with van der Waals surface area (Å²) in [6.45, 7) is 3.77. The van der Waals surface area contributed by atoms with Crippen molar-refractivity contribution in [2.24, 2.45) is 5.73 Å². The molecule has 2 rings (SSSR count). The van der Waals surface area contributed by atoms with Crippen LogP contribution in [0.5, 0.6) is 0 Å². The van der Waals surface area contributed by atoms with E-state index >= 15 is 0 Å². The lowest BCUT2D eigenvalue weighted by molar-refractivity contribution is 0.0251. The number of rotatable bonds is 6. The van der Waals surface area contributed by atoms with Crippen molar-refractivity contribution in [3.8, 4) is 0 Å². The van der Waals surface area contributed by atoms with Crippen LogP contribution in [0, 0.1) is 6.92 Å². The summed E-state index contributed by atoms with van der Waals surface area (Å²) < 4.78 is 5.89. The Kier molecular flexibility index (Phi) is 5.61. The van der Waals surface area contributed by atoms with Gasteiger partial charge in [-0.25, -0.2) is 0 Å². The molecule has 1 aromatic rings. The molecule has 0 amide bonds. The highest BCUT2D eigenvalue weighted by Gasteiger charge is 2.18. The predicted octanol–water partition coefficient (Wildman–Crippen LogP) is 2.48. The lowest BCUT2D eigenvalue weighted by Crippen LogP contribution is -2.30. The molecule has 0 radical (unpaired) electrons. The molecule has 1 fully saturated rings. The van der Waals surface area contributed by atoms with E-state index in [1.165, 1.54) is 0 Å². The normalized spacial score (nSPS) is 23.3. The van der Waals surface area contributed by atoms with Crippen LogP contribution in [0.15, 0.2) is 18.3 Å².